The molecule has 0 spiro atoms. The zero-order chi connectivity index (χ0) is 52.9. The van der Waals surface area contributed by atoms with Crippen molar-refractivity contribution in [1.29, 1.82) is 0 Å². The van der Waals surface area contributed by atoms with Gasteiger partial charge in [-0.3, -0.25) is 14.4 Å². The van der Waals surface area contributed by atoms with Gasteiger partial charge in [-0.1, -0.05) is 294 Å². The van der Waals surface area contributed by atoms with Crippen LogP contribution >= 0.6 is 0 Å². The molecule has 0 bridgehead atoms. The summed E-state index contributed by atoms with van der Waals surface area (Å²) in [6.07, 6.45) is 77.3. The normalized spacial score (nSPS) is 12.3. The second-order valence-corrected chi connectivity index (χ2v) is 21.7. The highest BCUT2D eigenvalue weighted by Crippen LogP contribution is 2.17. The van der Waals surface area contributed by atoms with E-state index in [1.54, 1.807) is 0 Å². The Morgan fingerprint density at radius 3 is 0.808 bits per heavy atom. The van der Waals surface area contributed by atoms with Crippen LogP contribution in [0.3, 0.4) is 0 Å². The lowest BCUT2D eigenvalue weighted by molar-refractivity contribution is -0.167. The van der Waals surface area contributed by atoms with Gasteiger partial charge in [0.2, 0.25) is 0 Å². The molecule has 6 nitrogen and oxygen atoms in total. The molecule has 1 unspecified atom stereocenters. The van der Waals surface area contributed by atoms with Crippen LogP contribution in [-0.4, -0.2) is 37.2 Å². The standard InChI is InChI=1S/C67H122O6/c1-4-7-10-13-16-19-21-23-24-25-26-27-28-29-30-31-32-33-34-35-36-37-38-39-40-41-42-44-45-48-51-54-57-60-66(69)72-63-64(62-71-65(68)59-56-53-50-47-18-15-12-9-6-3)73-67(70)61-58-55-52-49-46-43-22-20-17-14-11-8-5-2/h11,14,20-23,25-26,64H,4-10,12-13,15-19,24,27-63H2,1-3H3/b14-11-,22-20-,23-21-,26-25-. The Labute approximate surface area is 454 Å². The van der Waals surface area contributed by atoms with E-state index in [0.717, 1.165) is 96.3 Å². The molecular weight excluding hydrogens is 901 g/mol. The van der Waals surface area contributed by atoms with E-state index in [-0.39, 0.29) is 31.1 Å². The van der Waals surface area contributed by atoms with Gasteiger partial charge >= 0.3 is 17.9 Å². The minimum atomic E-state index is -0.775. The Morgan fingerprint density at radius 2 is 0.521 bits per heavy atom. The number of unbranched alkanes of at least 4 members (excludes halogenated alkanes) is 40. The largest absolute Gasteiger partial charge is 0.462 e. The van der Waals surface area contributed by atoms with Crippen molar-refractivity contribution in [2.45, 2.75) is 348 Å². The average molecular weight is 1020 g/mol. The van der Waals surface area contributed by atoms with Gasteiger partial charge in [0, 0.05) is 19.3 Å². The van der Waals surface area contributed by atoms with Crippen LogP contribution < -0.4 is 0 Å². The molecule has 0 saturated heterocycles. The quantitative estimate of drug-likeness (QED) is 0.0261. The number of carbonyl (C=O) groups excluding carboxylic acids is 3. The van der Waals surface area contributed by atoms with Gasteiger partial charge < -0.3 is 14.2 Å². The van der Waals surface area contributed by atoms with Crippen LogP contribution in [0.4, 0.5) is 0 Å². The topological polar surface area (TPSA) is 78.9 Å². The molecule has 0 heterocycles. The molecule has 0 rings (SSSR count). The Kier molecular flexibility index (Phi) is 59.7. The number of allylic oxidation sites excluding steroid dienone is 8. The van der Waals surface area contributed by atoms with E-state index in [2.05, 4.69) is 69.4 Å². The number of ether oxygens (including phenoxy) is 3. The van der Waals surface area contributed by atoms with Gasteiger partial charge in [0.1, 0.15) is 13.2 Å². The zero-order valence-electron chi connectivity index (χ0n) is 48.9. The summed E-state index contributed by atoms with van der Waals surface area (Å²) in [5.74, 6) is -0.875. The highest BCUT2D eigenvalue weighted by atomic mass is 16.6. The van der Waals surface area contributed by atoms with Crippen LogP contribution in [-0.2, 0) is 28.6 Å². The number of hydrogen-bond acceptors (Lipinski definition) is 6. The molecular formula is C67H122O6. The maximum Gasteiger partial charge on any atom is 0.306 e. The van der Waals surface area contributed by atoms with Crippen molar-refractivity contribution in [1.82, 2.24) is 0 Å². The van der Waals surface area contributed by atoms with E-state index in [9.17, 15) is 14.4 Å². The molecule has 0 amide bonds. The third-order valence-electron chi connectivity index (χ3n) is 14.3. The van der Waals surface area contributed by atoms with Crippen LogP contribution in [0.25, 0.3) is 0 Å². The van der Waals surface area contributed by atoms with E-state index in [1.165, 1.54) is 205 Å². The van der Waals surface area contributed by atoms with Crippen molar-refractivity contribution in [2.75, 3.05) is 13.2 Å². The molecule has 0 aliphatic carbocycles. The lowest BCUT2D eigenvalue weighted by Crippen LogP contribution is -2.30. The smallest absolute Gasteiger partial charge is 0.306 e. The van der Waals surface area contributed by atoms with Gasteiger partial charge in [-0.15, -0.1) is 0 Å². The average Bonchev–Trinajstić information content (AvgIpc) is 3.39. The van der Waals surface area contributed by atoms with Crippen LogP contribution in [0, 0.1) is 0 Å². The molecule has 1 atom stereocenters. The second kappa shape index (κ2) is 61.9. The second-order valence-electron chi connectivity index (χ2n) is 21.7. The van der Waals surface area contributed by atoms with Crippen molar-refractivity contribution in [3.63, 3.8) is 0 Å². The van der Waals surface area contributed by atoms with Crippen molar-refractivity contribution in [2.24, 2.45) is 0 Å². The van der Waals surface area contributed by atoms with E-state index in [0.29, 0.717) is 19.3 Å². The molecule has 0 aliphatic heterocycles. The lowest BCUT2D eigenvalue weighted by Gasteiger charge is -2.18. The van der Waals surface area contributed by atoms with Crippen molar-refractivity contribution >= 4 is 17.9 Å². The first kappa shape index (κ1) is 70.4. The summed E-state index contributed by atoms with van der Waals surface area (Å²) in [7, 11) is 0. The van der Waals surface area contributed by atoms with Crippen LogP contribution in [0.1, 0.15) is 342 Å². The fourth-order valence-corrected chi connectivity index (χ4v) is 9.46. The van der Waals surface area contributed by atoms with Gasteiger partial charge in [0.25, 0.3) is 0 Å². The van der Waals surface area contributed by atoms with E-state index >= 15 is 0 Å². The van der Waals surface area contributed by atoms with E-state index < -0.39 is 6.10 Å². The summed E-state index contributed by atoms with van der Waals surface area (Å²) < 4.78 is 16.8. The van der Waals surface area contributed by atoms with E-state index in [4.69, 9.17) is 14.2 Å². The monoisotopic (exact) mass is 1020 g/mol. The van der Waals surface area contributed by atoms with Crippen molar-refractivity contribution in [3.05, 3.63) is 48.6 Å². The fraction of sp³-hybridized carbons (Fsp3) is 0.836. The van der Waals surface area contributed by atoms with Gasteiger partial charge in [-0.25, -0.2) is 0 Å². The number of hydrogen-bond donors (Lipinski definition) is 0. The molecule has 0 saturated carbocycles. The summed E-state index contributed by atoms with van der Waals surface area (Å²) in [5, 5.41) is 0. The summed E-state index contributed by atoms with van der Waals surface area (Å²) >= 11 is 0. The lowest BCUT2D eigenvalue weighted by atomic mass is 10.0. The van der Waals surface area contributed by atoms with Gasteiger partial charge in [0.15, 0.2) is 6.10 Å². The van der Waals surface area contributed by atoms with Gasteiger partial charge in [-0.2, -0.15) is 0 Å². The Bertz CT molecular complexity index is 1270. The van der Waals surface area contributed by atoms with E-state index in [1.807, 2.05) is 0 Å². The first-order valence-electron chi connectivity index (χ1n) is 32.1. The van der Waals surface area contributed by atoms with Crippen LogP contribution in [0.5, 0.6) is 0 Å². The van der Waals surface area contributed by atoms with Crippen molar-refractivity contribution < 1.29 is 28.6 Å². The third kappa shape index (κ3) is 60.1. The Balaban J connectivity index is 3.99. The Morgan fingerprint density at radius 1 is 0.274 bits per heavy atom. The molecule has 0 aromatic rings. The molecule has 0 aliphatic rings. The van der Waals surface area contributed by atoms with Crippen LogP contribution in [0.15, 0.2) is 48.6 Å². The Hall–Kier alpha value is -2.63. The molecule has 0 aromatic carbocycles. The number of esters is 3. The minimum Gasteiger partial charge on any atom is -0.462 e. The first-order chi connectivity index (χ1) is 36.0. The summed E-state index contributed by atoms with van der Waals surface area (Å²) in [6, 6.07) is 0. The maximum atomic E-state index is 12.8. The maximum absolute atomic E-state index is 12.8. The predicted octanol–water partition coefficient (Wildman–Crippen LogP) is 21.8. The summed E-state index contributed by atoms with van der Waals surface area (Å²) in [5.41, 5.74) is 0. The fourth-order valence-electron chi connectivity index (χ4n) is 9.46. The molecule has 426 valence electrons. The molecule has 0 aromatic heterocycles. The molecule has 73 heavy (non-hydrogen) atoms. The SMILES string of the molecule is CCC/C=C\C/C=C\CCCCCCCC(=O)OC(COC(=O)CCCCCCCCCCC)COC(=O)CCCCCCCCCCCCCCCCCCCCCCC/C=C\C/C=C\CCCCCCC. The van der Waals surface area contributed by atoms with Gasteiger partial charge in [0.05, 0.1) is 0 Å². The molecule has 6 heteroatoms. The summed E-state index contributed by atoms with van der Waals surface area (Å²) in [4.78, 5) is 38.0. The number of rotatable bonds is 59. The number of carbonyl (C=O) groups is 3. The summed E-state index contributed by atoms with van der Waals surface area (Å²) in [6.45, 7) is 6.57. The first-order valence-corrected chi connectivity index (χ1v) is 32.1. The molecule has 0 fully saturated rings. The van der Waals surface area contributed by atoms with Gasteiger partial charge in [-0.05, 0) is 77.0 Å². The van der Waals surface area contributed by atoms with Crippen LogP contribution in [0.2, 0.25) is 0 Å². The molecule has 0 N–H and O–H groups in total. The van der Waals surface area contributed by atoms with Crippen molar-refractivity contribution in [3.8, 4) is 0 Å². The minimum absolute atomic E-state index is 0.0744. The highest BCUT2D eigenvalue weighted by Gasteiger charge is 2.19. The third-order valence-corrected chi connectivity index (χ3v) is 14.3. The highest BCUT2D eigenvalue weighted by molar-refractivity contribution is 5.71. The predicted molar refractivity (Wildman–Crippen MR) is 316 cm³/mol. The molecule has 0 radical (unpaired) electrons. The zero-order valence-corrected chi connectivity index (χ0v) is 48.9.